The molecule has 1 aromatic rings. The van der Waals surface area contributed by atoms with E-state index >= 15 is 0 Å². The van der Waals surface area contributed by atoms with Gasteiger partial charge >= 0.3 is 0 Å². The molecule has 0 bridgehead atoms. The second kappa shape index (κ2) is 4.73. The third-order valence-electron chi connectivity index (χ3n) is 2.57. The first-order valence-electron chi connectivity index (χ1n) is 5.49. The summed E-state index contributed by atoms with van der Waals surface area (Å²) >= 11 is 0. The highest BCUT2D eigenvalue weighted by molar-refractivity contribution is 5.98. The van der Waals surface area contributed by atoms with E-state index in [4.69, 9.17) is 5.73 Å². The van der Waals surface area contributed by atoms with E-state index in [0.29, 0.717) is 16.8 Å². The Morgan fingerprint density at radius 1 is 1.33 bits per heavy atom. The number of rotatable bonds is 3. The van der Waals surface area contributed by atoms with Crippen molar-refractivity contribution in [3.05, 3.63) is 33.4 Å². The van der Waals surface area contributed by atoms with Crippen LogP contribution in [0, 0.1) is 24.0 Å². The zero-order chi connectivity index (χ0) is 14.1. The van der Waals surface area contributed by atoms with E-state index in [-0.39, 0.29) is 11.6 Å². The monoisotopic (exact) mass is 251 g/mol. The molecule has 0 heterocycles. The molecule has 0 aliphatic rings. The van der Waals surface area contributed by atoms with Gasteiger partial charge in [-0.25, -0.2) is 0 Å². The summed E-state index contributed by atoms with van der Waals surface area (Å²) in [5.74, 6) is -0.334. The van der Waals surface area contributed by atoms with E-state index in [1.165, 1.54) is 6.07 Å². The second-order valence-corrected chi connectivity index (χ2v) is 4.89. The Morgan fingerprint density at radius 3 is 2.33 bits per heavy atom. The molecule has 0 aromatic heterocycles. The third kappa shape index (κ3) is 3.04. The fourth-order valence-electron chi connectivity index (χ4n) is 1.42. The number of aryl methyl sites for hydroxylation is 2. The molecule has 0 radical (unpaired) electrons. The summed E-state index contributed by atoms with van der Waals surface area (Å²) in [6, 6.07) is 3.02. The molecular formula is C12H17N3O3. The molecule has 1 amide bonds. The number of nitro benzene ring substituents is 1. The van der Waals surface area contributed by atoms with Crippen molar-refractivity contribution in [3.8, 4) is 0 Å². The Labute approximate surface area is 105 Å². The lowest BCUT2D eigenvalue weighted by atomic mass is 10.0. The minimum Gasteiger partial charge on any atom is -0.324 e. The molecule has 0 aliphatic carbocycles. The first-order valence-corrected chi connectivity index (χ1v) is 5.49. The predicted molar refractivity (Wildman–Crippen MR) is 69.5 cm³/mol. The number of hydrogen-bond acceptors (Lipinski definition) is 4. The van der Waals surface area contributed by atoms with E-state index in [0.717, 1.165) is 0 Å². The van der Waals surface area contributed by atoms with Gasteiger partial charge in [-0.3, -0.25) is 14.9 Å². The second-order valence-electron chi connectivity index (χ2n) is 4.89. The van der Waals surface area contributed by atoms with Gasteiger partial charge in [-0.2, -0.15) is 0 Å². The lowest BCUT2D eigenvalue weighted by molar-refractivity contribution is -0.385. The molecule has 0 fully saturated rings. The minimum atomic E-state index is -0.998. The van der Waals surface area contributed by atoms with Crippen LogP contribution in [0.15, 0.2) is 12.1 Å². The van der Waals surface area contributed by atoms with Crippen molar-refractivity contribution in [2.24, 2.45) is 5.73 Å². The summed E-state index contributed by atoms with van der Waals surface area (Å²) < 4.78 is 0. The fraction of sp³-hybridized carbons (Fsp3) is 0.417. The molecule has 18 heavy (non-hydrogen) atoms. The van der Waals surface area contributed by atoms with E-state index < -0.39 is 10.5 Å². The van der Waals surface area contributed by atoms with Crippen LogP contribution < -0.4 is 11.1 Å². The maximum absolute atomic E-state index is 11.7. The van der Waals surface area contributed by atoms with Crippen molar-refractivity contribution in [1.82, 2.24) is 0 Å². The number of nitrogens with zero attached hydrogens (tertiary/aromatic N) is 1. The molecule has 0 saturated carbocycles. The van der Waals surface area contributed by atoms with E-state index in [2.05, 4.69) is 5.32 Å². The lowest BCUT2D eigenvalue weighted by Gasteiger charge is -2.19. The molecule has 0 aliphatic heterocycles. The molecule has 0 unspecified atom stereocenters. The predicted octanol–water partition coefficient (Wildman–Crippen LogP) is 1.89. The average molecular weight is 251 g/mol. The topological polar surface area (TPSA) is 98.3 Å². The molecule has 0 saturated heterocycles. The Morgan fingerprint density at radius 2 is 1.89 bits per heavy atom. The zero-order valence-electron chi connectivity index (χ0n) is 10.9. The molecule has 98 valence electrons. The summed E-state index contributed by atoms with van der Waals surface area (Å²) in [5, 5.41) is 13.4. The van der Waals surface area contributed by atoms with Crippen LogP contribution in [0.4, 0.5) is 11.4 Å². The number of nitrogens with one attached hydrogen (secondary N) is 1. The van der Waals surface area contributed by atoms with Crippen LogP contribution in [0.25, 0.3) is 0 Å². The normalized spacial score (nSPS) is 11.2. The Hall–Kier alpha value is -1.95. The maximum atomic E-state index is 11.7. The van der Waals surface area contributed by atoms with Crippen LogP contribution >= 0.6 is 0 Å². The first-order chi connectivity index (χ1) is 8.12. The molecule has 6 heteroatoms. The fourth-order valence-corrected chi connectivity index (χ4v) is 1.42. The van der Waals surface area contributed by atoms with Crippen LogP contribution in [-0.4, -0.2) is 16.4 Å². The summed E-state index contributed by atoms with van der Waals surface area (Å²) in [6.07, 6.45) is 0. The van der Waals surface area contributed by atoms with Gasteiger partial charge < -0.3 is 11.1 Å². The highest BCUT2D eigenvalue weighted by atomic mass is 16.6. The number of amides is 1. The standard InChI is InChI=1S/C12H17N3O3/c1-7-6-10(15(17)18)8(2)5-9(7)14-11(16)12(3,4)13/h5-6H,13H2,1-4H3,(H,14,16). The van der Waals surface area contributed by atoms with Crippen LogP contribution in [-0.2, 0) is 4.79 Å². The zero-order valence-corrected chi connectivity index (χ0v) is 10.9. The minimum absolute atomic E-state index is 0.0394. The number of benzene rings is 1. The maximum Gasteiger partial charge on any atom is 0.272 e. The Bertz CT molecular complexity index is 504. The van der Waals surface area contributed by atoms with Gasteiger partial charge in [0.05, 0.1) is 10.5 Å². The number of carbonyl (C=O) groups is 1. The van der Waals surface area contributed by atoms with Crippen molar-refractivity contribution >= 4 is 17.3 Å². The molecule has 1 rings (SSSR count). The third-order valence-corrected chi connectivity index (χ3v) is 2.57. The summed E-state index contributed by atoms with van der Waals surface area (Å²) in [4.78, 5) is 22.1. The summed E-state index contributed by atoms with van der Waals surface area (Å²) in [5.41, 5.74) is 6.38. The molecule has 0 spiro atoms. The van der Waals surface area contributed by atoms with Gasteiger partial charge in [0.1, 0.15) is 0 Å². The Kier molecular flexibility index (Phi) is 3.71. The van der Waals surface area contributed by atoms with Crippen LogP contribution in [0.3, 0.4) is 0 Å². The van der Waals surface area contributed by atoms with Gasteiger partial charge in [-0.1, -0.05) is 0 Å². The van der Waals surface area contributed by atoms with E-state index in [1.54, 1.807) is 33.8 Å². The molecule has 6 nitrogen and oxygen atoms in total. The van der Waals surface area contributed by atoms with Gasteiger partial charge in [-0.05, 0) is 39.3 Å². The van der Waals surface area contributed by atoms with Gasteiger partial charge in [0.2, 0.25) is 5.91 Å². The molecule has 3 N–H and O–H groups in total. The number of anilines is 1. The summed E-state index contributed by atoms with van der Waals surface area (Å²) in [7, 11) is 0. The SMILES string of the molecule is Cc1cc([N+](=O)[O-])c(C)cc1NC(=O)C(C)(C)N. The average Bonchev–Trinajstić information content (AvgIpc) is 2.21. The number of nitro groups is 1. The van der Waals surface area contributed by atoms with Gasteiger partial charge in [-0.15, -0.1) is 0 Å². The largest absolute Gasteiger partial charge is 0.324 e. The van der Waals surface area contributed by atoms with Crippen molar-refractivity contribution in [3.63, 3.8) is 0 Å². The van der Waals surface area contributed by atoms with Crippen LogP contribution in [0.2, 0.25) is 0 Å². The van der Waals surface area contributed by atoms with Crippen molar-refractivity contribution in [2.75, 3.05) is 5.32 Å². The van der Waals surface area contributed by atoms with Crippen LogP contribution in [0.5, 0.6) is 0 Å². The van der Waals surface area contributed by atoms with E-state index in [1.807, 2.05) is 0 Å². The number of hydrogen-bond donors (Lipinski definition) is 2. The Balaban J connectivity index is 3.10. The number of nitrogens with two attached hydrogens (primary N) is 1. The highest BCUT2D eigenvalue weighted by Crippen LogP contribution is 2.26. The van der Waals surface area contributed by atoms with Crippen molar-refractivity contribution < 1.29 is 9.72 Å². The highest BCUT2D eigenvalue weighted by Gasteiger charge is 2.23. The van der Waals surface area contributed by atoms with Crippen LogP contribution in [0.1, 0.15) is 25.0 Å². The summed E-state index contributed by atoms with van der Waals surface area (Å²) in [6.45, 7) is 6.51. The first kappa shape index (κ1) is 14.1. The van der Waals surface area contributed by atoms with Gasteiger partial charge in [0.25, 0.3) is 5.69 Å². The van der Waals surface area contributed by atoms with Gasteiger partial charge in [0, 0.05) is 17.3 Å². The lowest BCUT2D eigenvalue weighted by Crippen LogP contribution is -2.45. The molecule has 0 atom stereocenters. The van der Waals surface area contributed by atoms with Crippen molar-refractivity contribution in [2.45, 2.75) is 33.2 Å². The molecule has 1 aromatic carbocycles. The smallest absolute Gasteiger partial charge is 0.272 e. The van der Waals surface area contributed by atoms with Crippen molar-refractivity contribution in [1.29, 1.82) is 0 Å². The quantitative estimate of drug-likeness (QED) is 0.633. The number of carbonyl (C=O) groups excluding carboxylic acids is 1. The molecular weight excluding hydrogens is 234 g/mol. The van der Waals surface area contributed by atoms with E-state index in [9.17, 15) is 14.9 Å². The van der Waals surface area contributed by atoms with Gasteiger partial charge in [0.15, 0.2) is 0 Å².